The van der Waals surface area contributed by atoms with E-state index in [1.165, 1.54) is 11.3 Å². The number of para-hydroxylation sites is 1. The molecule has 8 heteroatoms. The second-order valence-electron chi connectivity index (χ2n) is 7.57. The van der Waals surface area contributed by atoms with E-state index in [0.29, 0.717) is 26.7 Å². The number of rotatable bonds is 7. The Hall–Kier alpha value is -3.78. The Morgan fingerprint density at radius 1 is 1.03 bits per heavy atom. The molecule has 0 amide bonds. The number of ketones is 1. The van der Waals surface area contributed by atoms with Gasteiger partial charge < -0.3 is 10.1 Å². The van der Waals surface area contributed by atoms with Crippen LogP contribution in [-0.2, 0) is 4.74 Å². The van der Waals surface area contributed by atoms with E-state index in [2.05, 4.69) is 15.6 Å². The first kappa shape index (κ1) is 22.4. The summed E-state index contributed by atoms with van der Waals surface area (Å²) in [5.41, 5.74) is 4.57. The fourth-order valence-electron chi connectivity index (χ4n) is 3.50. The number of nitrogens with zero attached hydrogens (tertiary/aromatic N) is 3. The first-order valence-corrected chi connectivity index (χ1v) is 11.4. The topological polar surface area (TPSA) is 86.1 Å². The summed E-state index contributed by atoms with van der Waals surface area (Å²) in [7, 11) is 0. The molecule has 2 heterocycles. The number of ether oxygens (including phenoxy) is 1. The van der Waals surface area contributed by atoms with Gasteiger partial charge in [-0.1, -0.05) is 41.1 Å². The van der Waals surface area contributed by atoms with Crippen LogP contribution in [-0.4, -0.2) is 33.4 Å². The molecule has 1 N–H and O–H groups in total. The van der Waals surface area contributed by atoms with Crippen molar-refractivity contribution in [2.75, 3.05) is 11.9 Å². The molecule has 2 aromatic carbocycles. The van der Waals surface area contributed by atoms with Gasteiger partial charge in [0.05, 0.1) is 28.4 Å². The van der Waals surface area contributed by atoms with E-state index in [1.807, 2.05) is 68.4 Å². The summed E-state index contributed by atoms with van der Waals surface area (Å²) in [4.78, 5) is 26.7. The summed E-state index contributed by atoms with van der Waals surface area (Å²) in [6, 6.07) is 17.3. The number of esters is 1. The van der Waals surface area contributed by atoms with Crippen molar-refractivity contribution in [3.63, 3.8) is 0 Å². The van der Waals surface area contributed by atoms with E-state index >= 15 is 0 Å². The number of carbonyl (C=O) groups is 2. The zero-order chi connectivity index (χ0) is 23.5. The van der Waals surface area contributed by atoms with Gasteiger partial charge in [-0.25, -0.2) is 9.48 Å². The molecule has 7 nitrogen and oxygen atoms in total. The summed E-state index contributed by atoms with van der Waals surface area (Å²) < 4.78 is 6.91. The third-order valence-corrected chi connectivity index (χ3v) is 6.46. The normalized spacial score (nSPS) is 10.8. The Bertz CT molecular complexity index is 1310. The summed E-state index contributed by atoms with van der Waals surface area (Å²) in [5.74, 6) is -0.746. The summed E-state index contributed by atoms with van der Waals surface area (Å²) in [5, 5.41) is 12.2. The van der Waals surface area contributed by atoms with Gasteiger partial charge in [0.15, 0.2) is 5.69 Å². The molecule has 0 saturated carbocycles. The molecule has 0 spiro atoms. The SMILES string of the molecule is CCOC(=O)c1c(Nc2ccccc2)sc(C(=O)c2nnn(-c3ccc(C)cc3)c2C)c1C. The number of hydrogen-bond acceptors (Lipinski definition) is 7. The second kappa shape index (κ2) is 9.38. The van der Waals surface area contributed by atoms with E-state index in [9.17, 15) is 9.59 Å². The van der Waals surface area contributed by atoms with Crippen LogP contribution in [0.4, 0.5) is 10.7 Å². The van der Waals surface area contributed by atoms with Crippen LogP contribution in [0.1, 0.15) is 49.5 Å². The average Bonchev–Trinajstić information content (AvgIpc) is 3.34. The predicted octanol–water partition coefficient (Wildman–Crippen LogP) is 5.41. The van der Waals surface area contributed by atoms with Crippen LogP contribution in [0, 0.1) is 20.8 Å². The van der Waals surface area contributed by atoms with Gasteiger partial charge in [-0.2, -0.15) is 0 Å². The Kier molecular flexibility index (Phi) is 6.37. The molecule has 0 aliphatic rings. The highest BCUT2D eigenvalue weighted by Gasteiger charge is 2.29. The summed E-state index contributed by atoms with van der Waals surface area (Å²) >= 11 is 1.22. The summed E-state index contributed by atoms with van der Waals surface area (Å²) in [6.07, 6.45) is 0. The predicted molar refractivity (Wildman–Crippen MR) is 129 cm³/mol. The Morgan fingerprint density at radius 2 is 1.73 bits per heavy atom. The third-order valence-electron chi connectivity index (χ3n) is 5.25. The first-order valence-electron chi connectivity index (χ1n) is 10.6. The van der Waals surface area contributed by atoms with Crippen LogP contribution in [0.15, 0.2) is 54.6 Å². The van der Waals surface area contributed by atoms with Crippen molar-refractivity contribution >= 4 is 33.8 Å². The molecule has 0 radical (unpaired) electrons. The Balaban J connectivity index is 1.74. The molecule has 0 fully saturated rings. The second-order valence-corrected chi connectivity index (χ2v) is 8.59. The quantitative estimate of drug-likeness (QED) is 0.293. The number of anilines is 2. The van der Waals surface area contributed by atoms with Crippen molar-refractivity contribution in [1.82, 2.24) is 15.0 Å². The van der Waals surface area contributed by atoms with Gasteiger partial charge in [0.1, 0.15) is 5.00 Å². The molecule has 2 aromatic heterocycles. The standard InChI is InChI=1S/C25H24N4O3S/c1-5-32-25(31)20-16(3)23(33-24(20)26-18-9-7-6-8-10-18)22(30)21-17(4)29(28-27-21)19-13-11-15(2)12-14-19/h6-14,26H,5H2,1-4H3. The molecule has 0 aliphatic heterocycles. The van der Waals surface area contributed by atoms with Crippen LogP contribution in [0.25, 0.3) is 5.69 Å². The maximum absolute atomic E-state index is 13.5. The van der Waals surface area contributed by atoms with E-state index < -0.39 is 5.97 Å². The molecular weight excluding hydrogens is 436 g/mol. The third kappa shape index (κ3) is 4.42. The molecular formula is C25H24N4O3S. The smallest absolute Gasteiger partial charge is 0.341 e. The van der Waals surface area contributed by atoms with Gasteiger partial charge in [-0.05, 0) is 57.5 Å². The highest BCUT2D eigenvalue weighted by molar-refractivity contribution is 7.18. The van der Waals surface area contributed by atoms with Gasteiger partial charge in [-0.3, -0.25) is 4.79 Å². The van der Waals surface area contributed by atoms with Gasteiger partial charge in [0.25, 0.3) is 0 Å². The molecule has 0 aliphatic carbocycles. The van der Waals surface area contributed by atoms with Crippen molar-refractivity contribution < 1.29 is 14.3 Å². The van der Waals surface area contributed by atoms with E-state index in [0.717, 1.165) is 16.9 Å². The lowest BCUT2D eigenvalue weighted by atomic mass is 10.1. The maximum Gasteiger partial charge on any atom is 0.341 e. The van der Waals surface area contributed by atoms with Crippen LogP contribution in [0.5, 0.6) is 0 Å². The van der Waals surface area contributed by atoms with Gasteiger partial charge >= 0.3 is 5.97 Å². The van der Waals surface area contributed by atoms with Crippen molar-refractivity contribution in [2.24, 2.45) is 0 Å². The molecule has 0 unspecified atom stereocenters. The van der Waals surface area contributed by atoms with Crippen molar-refractivity contribution in [3.05, 3.63) is 87.6 Å². The van der Waals surface area contributed by atoms with Crippen LogP contribution in [0.3, 0.4) is 0 Å². The maximum atomic E-state index is 13.5. The number of aryl methyl sites for hydroxylation is 1. The number of carbonyl (C=O) groups excluding carboxylic acids is 2. The lowest BCUT2D eigenvalue weighted by molar-refractivity contribution is 0.0527. The molecule has 4 rings (SSSR count). The zero-order valence-electron chi connectivity index (χ0n) is 18.9. The van der Waals surface area contributed by atoms with E-state index in [1.54, 1.807) is 18.5 Å². The van der Waals surface area contributed by atoms with Crippen molar-refractivity contribution in [3.8, 4) is 5.69 Å². The lowest BCUT2D eigenvalue weighted by Gasteiger charge is -2.07. The largest absolute Gasteiger partial charge is 0.462 e. The van der Waals surface area contributed by atoms with E-state index in [4.69, 9.17) is 4.74 Å². The number of hydrogen-bond donors (Lipinski definition) is 1. The first-order chi connectivity index (χ1) is 15.9. The molecule has 0 atom stereocenters. The zero-order valence-corrected chi connectivity index (χ0v) is 19.7. The minimum atomic E-state index is -0.469. The monoisotopic (exact) mass is 460 g/mol. The fourth-order valence-corrected chi connectivity index (χ4v) is 4.65. The van der Waals surface area contributed by atoms with Gasteiger partial charge in [0.2, 0.25) is 5.78 Å². The van der Waals surface area contributed by atoms with Gasteiger partial charge in [-0.15, -0.1) is 16.4 Å². The molecule has 0 bridgehead atoms. The van der Waals surface area contributed by atoms with Crippen LogP contribution >= 0.6 is 11.3 Å². The molecule has 33 heavy (non-hydrogen) atoms. The Morgan fingerprint density at radius 3 is 2.39 bits per heavy atom. The highest BCUT2D eigenvalue weighted by atomic mass is 32.1. The van der Waals surface area contributed by atoms with E-state index in [-0.39, 0.29) is 18.1 Å². The Labute approximate surface area is 196 Å². The number of thiophene rings is 1. The number of aromatic nitrogens is 3. The molecule has 0 saturated heterocycles. The lowest BCUT2D eigenvalue weighted by Crippen LogP contribution is -2.09. The van der Waals surface area contributed by atoms with Gasteiger partial charge in [0, 0.05) is 5.69 Å². The highest BCUT2D eigenvalue weighted by Crippen LogP contribution is 2.37. The number of nitrogens with one attached hydrogen (secondary N) is 1. The van der Waals surface area contributed by atoms with Crippen molar-refractivity contribution in [1.29, 1.82) is 0 Å². The minimum Gasteiger partial charge on any atom is -0.462 e. The number of benzene rings is 2. The average molecular weight is 461 g/mol. The van der Waals surface area contributed by atoms with Crippen LogP contribution in [0.2, 0.25) is 0 Å². The minimum absolute atomic E-state index is 0.242. The van der Waals surface area contributed by atoms with Crippen LogP contribution < -0.4 is 5.32 Å². The fraction of sp³-hybridized carbons (Fsp3) is 0.200. The van der Waals surface area contributed by atoms with Crippen molar-refractivity contribution in [2.45, 2.75) is 27.7 Å². The molecule has 4 aromatic rings. The molecule has 168 valence electrons. The summed E-state index contributed by atoms with van der Waals surface area (Å²) in [6.45, 7) is 7.57.